The Morgan fingerprint density at radius 3 is 2.59 bits per heavy atom. The van der Waals surface area contributed by atoms with Crippen LogP contribution in [-0.4, -0.2) is 45.2 Å². The lowest BCUT2D eigenvalue weighted by Crippen LogP contribution is -2.33. The highest BCUT2D eigenvalue weighted by molar-refractivity contribution is 7.14. The molecule has 0 atom stereocenters. The first-order chi connectivity index (χ1) is 16.2. The second-order valence-electron chi connectivity index (χ2n) is 7.75. The van der Waals surface area contributed by atoms with Crippen molar-refractivity contribution >= 4 is 39.9 Å². The number of amides is 3. The van der Waals surface area contributed by atoms with Crippen LogP contribution in [0.2, 0.25) is 0 Å². The average molecular weight is 481 g/mol. The Morgan fingerprint density at radius 2 is 1.91 bits per heavy atom. The molecule has 0 bridgehead atoms. The van der Waals surface area contributed by atoms with Crippen molar-refractivity contribution in [3.8, 4) is 17.0 Å². The van der Waals surface area contributed by atoms with Gasteiger partial charge in [0.2, 0.25) is 5.91 Å². The van der Waals surface area contributed by atoms with Gasteiger partial charge in [-0.3, -0.25) is 29.4 Å². The van der Waals surface area contributed by atoms with Gasteiger partial charge in [0, 0.05) is 30.0 Å². The molecule has 174 valence electrons. The first-order valence-corrected chi connectivity index (χ1v) is 11.3. The van der Waals surface area contributed by atoms with E-state index in [0.29, 0.717) is 10.8 Å². The maximum Gasteiger partial charge on any atom is 0.282 e. The fraction of sp³-hybridized carbons (Fsp3) is 0.217. The van der Waals surface area contributed by atoms with E-state index in [1.807, 2.05) is 38.1 Å². The van der Waals surface area contributed by atoms with E-state index < -0.39 is 28.3 Å². The van der Waals surface area contributed by atoms with Crippen molar-refractivity contribution in [2.45, 2.75) is 26.4 Å². The van der Waals surface area contributed by atoms with Gasteiger partial charge in [-0.05, 0) is 44.2 Å². The zero-order valence-electron chi connectivity index (χ0n) is 18.3. The molecule has 3 amide bonds. The highest BCUT2D eigenvalue weighted by Gasteiger charge is 2.40. The second-order valence-corrected chi connectivity index (χ2v) is 8.60. The van der Waals surface area contributed by atoms with E-state index in [2.05, 4.69) is 10.3 Å². The number of benzene rings is 2. The lowest BCUT2D eigenvalue weighted by molar-refractivity contribution is -0.385. The third kappa shape index (κ3) is 4.64. The number of carbonyl (C=O) groups excluding carboxylic acids is 3. The number of nitro groups is 1. The molecule has 3 aromatic rings. The molecule has 0 saturated heterocycles. The Balaban J connectivity index is 1.37. The third-order valence-electron chi connectivity index (χ3n) is 5.01. The summed E-state index contributed by atoms with van der Waals surface area (Å²) in [7, 11) is 0. The first kappa shape index (κ1) is 23.1. The van der Waals surface area contributed by atoms with Crippen LogP contribution in [0.15, 0.2) is 47.8 Å². The fourth-order valence-electron chi connectivity index (χ4n) is 3.51. The Bertz CT molecular complexity index is 1280. The van der Waals surface area contributed by atoms with Crippen molar-refractivity contribution in [2.75, 3.05) is 11.9 Å². The summed E-state index contributed by atoms with van der Waals surface area (Å²) in [5.74, 6) is -1.12. The third-order valence-corrected chi connectivity index (χ3v) is 5.77. The zero-order valence-corrected chi connectivity index (χ0v) is 19.1. The van der Waals surface area contributed by atoms with Crippen LogP contribution in [0.25, 0.3) is 11.3 Å². The summed E-state index contributed by atoms with van der Waals surface area (Å²) in [6.45, 7) is 3.69. The molecular formula is C23H20N4O6S. The summed E-state index contributed by atoms with van der Waals surface area (Å²) in [6, 6.07) is 11.3. The Labute approximate surface area is 198 Å². The van der Waals surface area contributed by atoms with Gasteiger partial charge in [-0.1, -0.05) is 6.07 Å². The molecule has 2 aromatic carbocycles. The van der Waals surface area contributed by atoms with E-state index in [9.17, 15) is 24.5 Å². The Hall–Kier alpha value is -4.12. The molecule has 1 aliphatic rings. The SMILES string of the molecule is CC(C)Oc1ccc(-c2csc(NC(=O)CCN3C(=O)c4cccc([N+](=O)[O-])c4C3=O)n2)cc1. The van der Waals surface area contributed by atoms with Crippen LogP contribution in [0.3, 0.4) is 0 Å². The smallest absolute Gasteiger partial charge is 0.282 e. The van der Waals surface area contributed by atoms with Crippen molar-refractivity contribution in [1.29, 1.82) is 0 Å². The number of hydrogen-bond acceptors (Lipinski definition) is 8. The van der Waals surface area contributed by atoms with Gasteiger partial charge in [0.1, 0.15) is 11.3 Å². The van der Waals surface area contributed by atoms with E-state index in [1.54, 1.807) is 5.38 Å². The van der Waals surface area contributed by atoms with E-state index in [1.165, 1.54) is 29.5 Å². The molecule has 0 aliphatic carbocycles. The number of nitrogens with one attached hydrogen (secondary N) is 1. The Morgan fingerprint density at radius 1 is 1.18 bits per heavy atom. The minimum absolute atomic E-state index is 0.0333. The normalized spacial score (nSPS) is 12.7. The van der Waals surface area contributed by atoms with Crippen LogP contribution in [0.1, 0.15) is 41.0 Å². The molecule has 1 aromatic heterocycles. The van der Waals surface area contributed by atoms with Gasteiger partial charge in [0.05, 0.1) is 22.3 Å². The maximum atomic E-state index is 12.6. The molecule has 11 heteroatoms. The summed E-state index contributed by atoms with van der Waals surface area (Å²) < 4.78 is 5.63. The van der Waals surface area contributed by atoms with Crippen molar-refractivity contribution < 1.29 is 24.0 Å². The van der Waals surface area contributed by atoms with Crippen LogP contribution in [0, 0.1) is 10.1 Å². The van der Waals surface area contributed by atoms with Gasteiger partial charge >= 0.3 is 0 Å². The van der Waals surface area contributed by atoms with E-state index in [4.69, 9.17) is 4.74 Å². The molecule has 2 heterocycles. The molecule has 4 rings (SSSR count). The number of aromatic nitrogens is 1. The molecule has 0 radical (unpaired) electrons. The molecule has 0 spiro atoms. The highest BCUT2D eigenvalue weighted by Crippen LogP contribution is 2.31. The summed E-state index contributed by atoms with van der Waals surface area (Å²) in [5, 5.41) is 16.0. The number of nitrogens with zero attached hydrogens (tertiary/aromatic N) is 3. The summed E-state index contributed by atoms with van der Waals surface area (Å²) in [5.41, 5.74) is 0.840. The highest BCUT2D eigenvalue weighted by atomic mass is 32.1. The molecule has 0 unspecified atom stereocenters. The molecule has 10 nitrogen and oxygen atoms in total. The predicted octanol–water partition coefficient (Wildman–Crippen LogP) is 4.13. The fourth-order valence-corrected chi connectivity index (χ4v) is 4.24. The number of fused-ring (bicyclic) bond motifs is 1. The predicted molar refractivity (Wildman–Crippen MR) is 125 cm³/mol. The minimum atomic E-state index is -0.776. The summed E-state index contributed by atoms with van der Waals surface area (Å²) >= 11 is 1.24. The molecule has 1 N–H and O–H groups in total. The summed E-state index contributed by atoms with van der Waals surface area (Å²) in [4.78, 5) is 53.3. The quantitative estimate of drug-likeness (QED) is 0.291. The maximum absolute atomic E-state index is 12.6. The lowest BCUT2D eigenvalue weighted by Gasteiger charge is -2.12. The van der Waals surface area contributed by atoms with Crippen LogP contribution < -0.4 is 10.1 Å². The van der Waals surface area contributed by atoms with Gasteiger partial charge < -0.3 is 10.1 Å². The molecule has 0 saturated carbocycles. The Kier molecular flexibility index (Phi) is 6.37. The number of anilines is 1. The van der Waals surface area contributed by atoms with Crippen LogP contribution >= 0.6 is 11.3 Å². The van der Waals surface area contributed by atoms with Gasteiger partial charge in [0.25, 0.3) is 17.5 Å². The molecule has 0 fully saturated rings. The molecular weight excluding hydrogens is 460 g/mol. The van der Waals surface area contributed by atoms with Crippen LogP contribution in [0.4, 0.5) is 10.8 Å². The van der Waals surface area contributed by atoms with Crippen molar-refractivity contribution in [3.63, 3.8) is 0 Å². The lowest BCUT2D eigenvalue weighted by atomic mass is 10.1. The number of thiazole rings is 1. The topological polar surface area (TPSA) is 132 Å². The monoisotopic (exact) mass is 480 g/mol. The number of nitro benzene ring substituents is 1. The van der Waals surface area contributed by atoms with Gasteiger partial charge in [-0.25, -0.2) is 4.98 Å². The van der Waals surface area contributed by atoms with Gasteiger partial charge in [-0.2, -0.15) is 0 Å². The number of imide groups is 1. The second kappa shape index (κ2) is 9.40. The zero-order chi connectivity index (χ0) is 24.4. The average Bonchev–Trinajstić information content (AvgIpc) is 3.35. The molecule has 34 heavy (non-hydrogen) atoms. The molecule has 1 aliphatic heterocycles. The van der Waals surface area contributed by atoms with E-state index in [-0.39, 0.29) is 30.2 Å². The van der Waals surface area contributed by atoms with Crippen LogP contribution in [-0.2, 0) is 4.79 Å². The van der Waals surface area contributed by atoms with Crippen molar-refractivity contribution in [1.82, 2.24) is 9.88 Å². The van der Waals surface area contributed by atoms with Crippen molar-refractivity contribution in [2.24, 2.45) is 0 Å². The van der Waals surface area contributed by atoms with Crippen molar-refractivity contribution in [3.05, 3.63) is 69.1 Å². The minimum Gasteiger partial charge on any atom is -0.491 e. The first-order valence-electron chi connectivity index (χ1n) is 10.4. The summed E-state index contributed by atoms with van der Waals surface area (Å²) in [6.07, 6.45) is -0.0996. The largest absolute Gasteiger partial charge is 0.491 e. The standard InChI is InChI=1S/C23H20N4O6S/c1-13(2)33-15-8-6-14(7-9-15)17-12-34-23(24-17)25-19(28)10-11-26-21(29)16-4-3-5-18(27(31)32)20(16)22(26)30/h3-9,12-13H,10-11H2,1-2H3,(H,24,25,28). The number of hydrogen-bond donors (Lipinski definition) is 1. The number of carbonyl (C=O) groups is 3. The van der Waals surface area contributed by atoms with Crippen LogP contribution in [0.5, 0.6) is 5.75 Å². The van der Waals surface area contributed by atoms with E-state index in [0.717, 1.165) is 16.2 Å². The van der Waals surface area contributed by atoms with Gasteiger partial charge in [-0.15, -0.1) is 11.3 Å². The number of ether oxygens (including phenoxy) is 1. The number of rotatable bonds is 8. The van der Waals surface area contributed by atoms with E-state index >= 15 is 0 Å². The van der Waals surface area contributed by atoms with Gasteiger partial charge in [0.15, 0.2) is 5.13 Å².